The molecule has 1 aliphatic carbocycles. The minimum Gasteiger partial charge on any atom is -0.488 e. The van der Waals surface area contributed by atoms with E-state index in [-0.39, 0.29) is 37.6 Å². The van der Waals surface area contributed by atoms with E-state index in [2.05, 4.69) is 29.4 Å². The lowest BCUT2D eigenvalue weighted by atomic mass is 10.1. The van der Waals surface area contributed by atoms with Crippen molar-refractivity contribution in [3.05, 3.63) is 78.9 Å². The number of carbonyl (C=O) groups is 4. The van der Waals surface area contributed by atoms with Crippen LogP contribution < -0.4 is 15.4 Å². The number of aromatic nitrogens is 1. The summed E-state index contributed by atoms with van der Waals surface area (Å²) in [5.74, 6) is -2.11. The van der Waals surface area contributed by atoms with Gasteiger partial charge in [-0.05, 0) is 49.8 Å². The predicted molar refractivity (Wildman–Crippen MR) is 187 cm³/mol. The zero-order chi connectivity index (χ0) is 34.5. The number of hydrogen-bond acceptors (Lipinski definition) is 6. The first-order valence-electron chi connectivity index (χ1n) is 17.3. The minimum absolute atomic E-state index is 0.0878. The molecule has 10 heteroatoms. The van der Waals surface area contributed by atoms with E-state index >= 15 is 0 Å². The van der Waals surface area contributed by atoms with E-state index in [0.717, 1.165) is 47.0 Å². The molecule has 4 bridgehead atoms. The standard InChI is InChI=1S/C39H44N4O6/c1-3-5-16-31-37(46)43-24-28(21-33(43)36(45)42-39(38(47)48)23-27(39)4-2)49-34-22-32(26-14-10-8-11-15-26)40-30-19-18-25(20-29(30)34)13-9-6-7-12-17-35(44)41-31/h4,8-11,13-15,18-20,22,27-28,31,33H,2-3,5-7,12,16-17,21,23-24H2,1H3,(H,41,44)(H,42,45)(H,47,48)/t27-,28-,31+,33+,39-/m1/s1. The Balaban J connectivity index is 1.39. The van der Waals surface area contributed by atoms with Crippen LogP contribution in [0, 0.1) is 5.92 Å². The van der Waals surface area contributed by atoms with Crippen LogP contribution in [-0.4, -0.2) is 69.0 Å². The Kier molecular flexibility index (Phi) is 10.1. The number of allylic oxidation sites excluding steroid dienone is 1. The van der Waals surface area contributed by atoms with Gasteiger partial charge in [0.15, 0.2) is 0 Å². The van der Waals surface area contributed by atoms with Crippen molar-refractivity contribution in [1.29, 1.82) is 0 Å². The van der Waals surface area contributed by atoms with Gasteiger partial charge in [-0.15, -0.1) is 6.58 Å². The molecular weight excluding hydrogens is 620 g/mol. The fourth-order valence-electron chi connectivity index (χ4n) is 6.94. The highest BCUT2D eigenvalue weighted by atomic mass is 16.5. The summed E-state index contributed by atoms with van der Waals surface area (Å²) in [6.07, 6.45) is 10.0. The number of amides is 3. The third-order valence-electron chi connectivity index (χ3n) is 9.85. The molecule has 256 valence electrons. The van der Waals surface area contributed by atoms with Gasteiger partial charge in [-0.2, -0.15) is 0 Å². The number of pyridine rings is 1. The lowest BCUT2D eigenvalue weighted by molar-refractivity contribution is -0.146. The molecule has 3 aromatic rings. The van der Waals surface area contributed by atoms with Crippen LogP contribution in [0.2, 0.25) is 0 Å². The van der Waals surface area contributed by atoms with Crippen LogP contribution in [0.25, 0.3) is 28.2 Å². The molecule has 5 atom stereocenters. The molecule has 2 fully saturated rings. The van der Waals surface area contributed by atoms with Crippen molar-refractivity contribution in [2.45, 2.75) is 88.4 Å². The van der Waals surface area contributed by atoms with E-state index in [1.165, 1.54) is 11.0 Å². The van der Waals surface area contributed by atoms with Gasteiger partial charge in [-0.1, -0.05) is 74.4 Å². The zero-order valence-corrected chi connectivity index (χ0v) is 27.9. The van der Waals surface area contributed by atoms with Gasteiger partial charge in [0.25, 0.3) is 0 Å². The van der Waals surface area contributed by atoms with Crippen LogP contribution in [0.15, 0.2) is 73.3 Å². The number of carboxylic acid groups (broad SMARTS) is 1. The molecule has 6 rings (SSSR count). The number of unbranched alkanes of at least 4 members (excludes halogenated alkanes) is 1. The van der Waals surface area contributed by atoms with Crippen molar-refractivity contribution in [1.82, 2.24) is 20.5 Å². The molecule has 3 amide bonds. The highest BCUT2D eigenvalue weighted by Crippen LogP contribution is 2.45. The van der Waals surface area contributed by atoms with Crippen LogP contribution in [-0.2, 0) is 19.2 Å². The highest BCUT2D eigenvalue weighted by Gasteiger charge is 2.61. The maximum atomic E-state index is 14.3. The number of ether oxygens (including phenoxy) is 1. The molecule has 1 saturated heterocycles. The molecule has 1 aromatic heterocycles. The monoisotopic (exact) mass is 664 g/mol. The number of carbonyl (C=O) groups excluding carboxylic acids is 3. The number of hydrogen-bond donors (Lipinski definition) is 3. The Bertz CT molecular complexity index is 1770. The molecule has 0 radical (unpaired) electrons. The second kappa shape index (κ2) is 14.6. The lowest BCUT2D eigenvalue weighted by Crippen LogP contribution is -2.56. The van der Waals surface area contributed by atoms with Gasteiger partial charge in [0.2, 0.25) is 17.7 Å². The Morgan fingerprint density at radius 3 is 2.71 bits per heavy atom. The summed E-state index contributed by atoms with van der Waals surface area (Å²) in [5, 5.41) is 16.5. The molecule has 3 aliphatic rings. The Morgan fingerprint density at radius 2 is 1.98 bits per heavy atom. The summed E-state index contributed by atoms with van der Waals surface area (Å²) in [6, 6.07) is 15.9. The van der Waals surface area contributed by atoms with Gasteiger partial charge in [0.05, 0.1) is 17.8 Å². The van der Waals surface area contributed by atoms with Crippen molar-refractivity contribution in [3.8, 4) is 17.0 Å². The molecule has 3 N–H and O–H groups in total. The van der Waals surface area contributed by atoms with Crippen LogP contribution in [0.4, 0.5) is 0 Å². The third-order valence-corrected chi connectivity index (χ3v) is 9.85. The summed E-state index contributed by atoms with van der Waals surface area (Å²) in [6.45, 7) is 5.83. The van der Waals surface area contributed by atoms with Crippen molar-refractivity contribution in [2.75, 3.05) is 6.54 Å². The van der Waals surface area contributed by atoms with Crippen LogP contribution in [0.1, 0.15) is 70.3 Å². The molecule has 0 spiro atoms. The smallest absolute Gasteiger partial charge is 0.330 e. The second-order valence-electron chi connectivity index (χ2n) is 13.4. The summed E-state index contributed by atoms with van der Waals surface area (Å²) in [4.78, 5) is 60.0. The van der Waals surface area contributed by atoms with Crippen LogP contribution in [0.3, 0.4) is 0 Å². The normalized spacial score (nSPS) is 25.6. The van der Waals surface area contributed by atoms with Gasteiger partial charge in [-0.3, -0.25) is 14.4 Å². The average molecular weight is 665 g/mol. The van der Waals surface area contributed by atoms with E-state index < -0.39 is 41.5 Å². The highest BCUT2D eigenvalue weighted by molar-refractivity contribution is 5.96. The topological polar surface area (TPSA) is 138 Å². The van der Waals surface area contributed by atoms with Crippen molar-refractivity contribution >= 4 is 40.7 Å². The number of carboxylic acids is 1. The zero-order valence-electron chi connectivity index (χ0n) is 27.9. The molecule has 49 heavy (non-hydrogen) atoms. The molecule has 3 heterocycles. The van der Waals surface area contributed by atoms with Crippen molar-refractivity contribution in [2.24, 2.45) is 5.92 Å². The average Bonchev–Trinajstić information content (AvgIpc) is 3.67. The first kappa shape index (κ1) is 33.9. The first-order chi connectivity index (χ1) is 23.7. The van der Waals surface area contributed by atoms with Gasteiger partial charge in [-0.25, -0.2) is 9.78 Å². The third kappa shape index (κ3) is 7.38. The van der Waals surface area contributed by atoms with E-state index in [4.69, 9.17) is 9.72 Å². The predicted octanol–water partition coefficient (Wildman–Crippen LogP) is 5.66. The van der Waals surface area contributed by atoms with E-state index in [1.54, 1.807) is 0 Å². The second-order valence-corrected chi connectivity index (χ2v) is 13.4. The summed E-state index contributed by atoms with van der Waals surface area (Å²) >= 11 is 0. The summed E-state index contributed by atoms with van der Waals surface area (Å²) < 4.78 is 6.72. The molecular formula is C39H44N4O6. The maximum Gasteiger partial charge on any atom is 0.330 e. The first-order valence-corrected chi connectivity index (χ1v) is 17.3. The molecule has 1 saturated carbocycles. The fourth-order valence-corrected chi connectivity index (χ4v) is 6.94. The summed E-state index contributed by atoms with van der Waals surface area (Å²) in [5.41, 5.74) is 1.92. The Labute approximate surface area is 286 Å². The van der Waals surface area contributed by atoms with Crippen molar-refractivity contribution < 1.29 is 29.0 Å². The van der Waals surface area contributed by atoms with Crippen molar-refractivity contribution in [3.63, 3.8) is 0 Å². The molecule has 0 unspecified atom stereocenters. The number of rotatable bonds is 8. The van der Waals surface area contributed by atoms with Gasteiger partial charge in [0, 0.05) is 35.8 Å². The van der Waals surface area contributed by atoms with Gasteiger partial charge in [0.1, 0.15) is 29.5 Å². The Hall–Kier alpha value is -4.99. The number of fused-ring (bicyclic) bond motifs is 3. The lowest BCUT2D eigenvalue weighted by Gasteiger charge is -2.29. The summed E-state index contributed by atoms with van der Waals surface area (Å²) in [7, 11) is 0. The van der Waals surface area contributed by atoms with Gasteiger partial charge < -0.3 is 25.4 Å². The maximum absolute atomic E-state index is 14.3. The number of aliphatic carboxylic acids is 1. The van der Waals surface area contributed by atoms with E-state index in [1.807, 2.05) is 61.5 Å². The van der Waals surface area contributed by atoms with Crippen LogP contribution in [0.5, 0.6) is 5.75 Å². The number of benzene rings is 2. The number of nitrogens with one attached hydrogen (secondary N) is 2. The van der Waals surface area contributed by atoms with Gasteiger partial charge >= 0.3 is 5.97 Å². The molecule has 2 aromatic carbocycles. The van der Waals surface area contributed by atoms with Crippen LogP contribution >= 0.6 is 0 Å². The molecule has 2 aliphatic heterocycles. The largest absolute Gasteiger partial charge is 0.488 e. The SMILES string of the molecule is C=C[C@@H]1C[C@]1(NC(=O)[C@@H]1C[C@@H]2CN1C(=O)[C@H](CCCC)NC(=O)CCCCC=Cc1ccc3nc(-c4ccccc4)cc(c3c1)O2)C(=O)O. The fraction of sp³-hybridized carbons (Fsp3) is 0.410. The van der Waals surface area contributed by atoms with E-state index in [9.17, 15) is 24.3 Å². The number of nitrogens with zero attached hydrogens (tertiary/aromatic N) is 2. The minimum atomic E-state index is -1.45. The van der Waals surface area contributed by atoms with E-state index in [0.29, 0.717) is 25.0 Å². The molecule has 10 nitrogen and oxygen atoms in total. The quantitative estimate of drug-likeness (QED) is 0.264. The Morgan fingerprint density at radius 1 is 1.16 bits per heavy atom.